The number of hydrogen-bond donors (Lipinski definition) is 0. The Bertz CT molecular complexity index is 1000. The molecule has 2 fully saturated rings. The molecule has 4 unspecified atom stereocenters. The van der Waals surface area contributed by atoms with Crippen molar-refractivity contribution >= 4 is 5.97 Å². The van der Waals surface area contributed by atoms with Crippen LogP contribution in [0.3, 0.4) is 0 Å². The van der Waals surface area contributed by atoms with Gasteiger partial charge < -0.3 is 4.74 Å². The van der Waals surface area contributed by atoms with Gasteiger partial charge in [0.25, 0.3) is 0 Å². The summed E-state index contributed by atoms with van der Waals surface area (Å²) in [6, 6.07) is 6.79. The number of carbonyl (C=O) groups excluding carboxylic acids is 1. The van der Waals surface area contributed by atoms with E-state index in [9.17, 15) is 18.0 Å². The minimum Gasteiger partial charge on any atom is -0.420 e. The van der Waals surface area contributed by atoms with Crippen molar-refractivity contribution in [2.45, 2.75) is 51.4 Å². The summed E-state index contributed by atoms with van der Waals surface area (Å²) >= 11 is 0. The second-order valence-corrected chi connectivity index (χ2v) is 8.97. The molecule has 0 spiro atoms. The van der Waals surface area contributed by atoms with Crippen molar-refractivity contribution in [3.63, 3.8) is 0 Å². The van der Waals surface area contributed by atoms with E-state index < -0.39 is 29.2 Å². The molecule has 164 valence electrons. The third kappa shape index (κ3) is 4.41. The fourth-order valence-corrected chi connectivity index (χ4v) is 5.27. The zero-order valence-corrected chi connectivity index (χ0v) is 17.7. The van der Waals surface area contributed by atoms with Gasteiger partial charge in [-0.1, -0.05) is 18.2 Å². The molecule has 4 atom stereocenters. The Morgan fingerprint density at radius 3 is 2.48 bits per heavy atom. The second kappa shape index (κ2) is 8.89. The first kappa shape index (κ1) is 21.7. The van der Waals surface area contributed by atoms with Gasteiger partial charge in [-0.2, -0.15) is 4.39 Å². The number of rotatable bonds is 4. The maximum absolute atomic E-state index is 14.9. The van der Waals surface area contributed by atoms with Crippen LogP contribution < -0.4 is 4.74 Å². The SMILES string of the molecule is C=CC1CCC2CC(c3ccc(C(=O)Oc4ccc(C)c(F)c4F)cc3F)CCC2C1. The first-order valence-electron chi connectivity index (χ1n) is 11.0. The van der Waals surface area contributed by atoms with Crippen molar-refractivity contribution in [2.24, 2.45) is 17.8 Å². The zero-order valence-electron chi connectivity index (χ0n) is 17.7. The van der Waals surface area contributed by atoms with Gasteiger partial charge in [-0.05, 0) is 98.4 Å². The fourth-order valence-electron chi connectivity index (χ4n) is 5.27. The monoisotopic (exact) mass is 428 g/mol. The van der Waals surface area contributed by atoms with E-state index in [1.165, 1.54) is 31.5 Å². The quantitative estimate of drug-likeness (QED) is 0.294. The van der Waals surface area contributed by atoms with Gasteiger partial charge in [0.2, 0.25) is 5.82 Å². The van der Waals surface area contributed by atoms with Crippen LogP contribution in [0.5, 0.6) is 5.75 Å². The fraction of sp³-hybridized carbons (Fsp3) is 0.423. The largest absolute Gasteiger partial charge is 0.420 e. The topological polar surface area (TPSA) is 26.3 Å². The van der Waals surface area contributed by atoms with Crippen LogP contribution in [0, 0.1) is 42.1 Å². The molecule has 0 heterocycles. The average molecular weight is 428 g/mol. The Morgan fingerprint density at radius 1 is 1.00 bits per heavy atom. The Hall–Kier alpha value is -2.56. The average Bonchev–Trinajstić information content (AvgIpc) is 2.78. The molecule has 31 heavy (non-hydrogen) atoms. The lowest BCUT2D eigenvalue weighted by molar-refractivity contribution is 0.0726. The van der Waals surface area contributed by atoms with E-state index in [-0.39, 0.29) is 17.0 Å². The van der Waals surface area contributed by atoms with Gasteiger partial charge in [-0.3, -0.25) is 0 Å². The van der Waals surface area contributed by atoms with Crippen molar-refractivity contribution in [3.05, 3.63) is 77.1 Å². The second-order valence-electron chi connectivity index (χ2n) is 8.97. The first-order valence-corrected chi connectivity index (χ1v) is 11.0. The standard InChI is InChI=1S/C26H27F3O2/c1-3-16-5-6-18-13-19(8-7-17(18)12-16)21-10-9-20(14-22(21)27)26(30)31-23-11-4-15(2)24(28)25(23)29/h3-4,9-11,14,16-19H,1,5-8,12-13H2,2H3. The van der Waals surface area contributed by atoms with E-state index in [2.05, 4.69) is 12.7 Å². The van der Waals surface area contributed by atoms with Gasteiger partial charge >= 0.3 is 5.97 Å². The van der Waals surface area contributed by atoms with Crippen molar-refractivity contribution in [3.8, 4) is 5.75 Å². The molecular formula is C26H27F3O2. The highest BCUT2D eigenvalue weighted by atomic mass is 19.2. The number of benzene rings is 2. The Labute approximate surface area is 181 Å². The molecule has 5 heteroatoms. The summed E-state index contributed by atoms with van der Waals surface area (Å²) in [6.07, 6.45) is 8.54. The summed E-state index contributed by atoms with van der Waals surface area (Å²) in [4.78, 5) is 12.4. The first-order chi connectivity index (χ1) is 14.9. The summed E-state index contributed by atoms with van der Waals surface area (Å²) in [5.74, 6) is -2.13. The smallest absolute Gasteiger partial charge is 0.343 e. The number of ether oxygens (including phenoxy) is 1. The summed E-state index contributed by atoms with van der Waals surface area (Å²) in [6.45, 7) is 5.34. The van der Waals surface area contributed by atoms with E-state index >= 15 is 0 Å². The molecule has 0 aromatic heterocycles. The van der Waals surface area contributed by atoms with E-state index in [0.29, 0.717) is 23.3 Å². The highest BCUT2D eigenvalue weighted by Gasteiger charge is 2.36. The zero-order chi connectivity index (χ0) is 22.1. The Balaban J connectivity index is 1.45. The normalized spacial score (nSPS) is 25.5. The third-order valence-corrected chi connectivity index (χ3v) is 7.11. The van der Waals surface area contributed by atoms with Crippen LogP contribution in [0.15, 0.2) is 43.0 Å². The van der Waals surface area contributed by atoms with Crippen molar-refractivity contribution in [1.82, 2.24) is 0 Å². The molecule has 4 rings (SSSR count). The molecule has 0 N–H and O–H groups in total. The van der Waals surface area contributed by atoms with Crippen LogP contribution in [0.2, 0.25) is 0 Å². The van der Waals surface area contributed by atoms with Crippen LogP contribution in [-0.2, 0) is 0 Å². The Kier molecular flexibility index (Phi) is 6.22. The number of carbonyl (C=O) groups is 1. The Morgan fingerprint density at radius 2 is 1.74 bits per heavy atom. The molecule has 2 aliphatic carbocycles. The molecule has 2 nitrogen and oxygen atoms in total. The van der Waals surface area contributed by atoms with Gasteiger partial charge in [-0.25, -0.2) is 13.6 Å². The van der Waals surface area contributed by atoms with Crippen LogP contribution in [0.1, 0.15) is 65.9 Å². The number of esters is 1. The molecule has 2 aromatic rings. The summed E-state index contributed by atoms with van der Waals surface area (Å²) in [5, 5.41) is 0. The van der Waals surface area contributed by atoms with Crippen LogP contribution in [-0.4, -0.2) is 5.97 Å². The van der Waals surface area contributed by atoms with E-state index in [0.717, 1.165) is 38.2 Å². The molecule has 2 saturated carbocycles. The predicted octanol–water partition coefficient (Wildman–Crippen LogP) is 7.12. The highest BCUT2D eigenvalue weighted by molar-refractivity contribution is 5.91. The summed E-state index contributed by atoms with van der Waals surface area (Å²) < 4.78 is 47.6. The minimum atomic E-state index is -1.23. The van der Waals surface area contributed by atoms with Gasteiger partial charge in [0.15, 0.2) is 11.6 Å². The highest BCUT2D eigenvalue weighted by Crippen LogP contribution is 2.48. The lowest BCUT2D eigenvalue weighted by Gasteiger charge is -2.41. The maximum Gasteiger partial charge on any atom is 0.343 e. The van der Waals surface area contributed by atoms with Gasteiger partial charge in [-0.15, -0.1) is 6.58 Å². The molecule has 0 aliphatic heterocycles. The van der Waals surface area contributed by atoms with Gasteiger partial charge in [0.1, 0.15) is 5.82 Å². The molecule has 2 aromatic carbocycles. The van der Waals surface area contributed by atoms with E-state index in [1.54, 1.807) is 6.07 Å². The van der Waals surface area contributed by atoms with Crippen molar-refractivity contribution < 1.29 is 22.7 Å². The number of halogens is 3. The lowest BCUT2D eigenvalue weighted by atomic mass is 9.64. The van der Waals surface area contributed by atoms with Crippen molar-refractivity contribution in [1.29, 1.82) is 0 Å². The molecule has 2 aliphatic rings. The van der Waals surface area contributed by atoms with Crippen molar-refractivity contribution in [2.75, 3.05) is 0 Å². The van der Waals surface area contributed by atoms with Gasteiger partial charge in [0, 0.05) is 0 Å². The van der Waals surface area contributed by atoms with Crippen LogP contribution in [0.4, 0.5) is 13.2 Å². The third-order valence-electron chi connectivity index (χ3n) is 7.11. The maximum atomic E-state index is 14.9. The van der Waals surface area contributed by atoms with E-state index in [4.69, 9.17) is 4.74 Å². The number of allylic oxidation sites excluding steroid dienone is 1. The molecular weight excluding hydrogens is 401 g/mol. The number of fused-ring (bicyclic) bond motifs is 1. The molecule has 0 radical (unpaired) electrons. The lowest BCUT2D eigenvalue weighted by Crippen LogP contribution is -2.30. The molecule has 0 saturated heterocycles. The predicted molar refractivity (Wildman–Crippen MR) is 114 cm³/mol. The number of aryl methyl sites for hydroxylation is 1. The number of hydrogen-bond acceptors (Lipinski definition) is 2. The molecule has 0 bridgehead atoms. The van der Waals surface area contributed by atoms with Gasteiger partial charge in [0.05, 0.1) is 5.56 Å². The molecule has 0 amide bonds. The van der Waals surface area contributed by atoms with E-state index in [1.807, 2.05) is 0 Å². The minimum absolute atomic E-state index is 0.0261. The van der Waals surface area contributed by atoms with Crippen LogP contribution in [0.25, 0.3) is 0 Å². The van der Waals surface area contributed by atoms with Crippen LogP contribution >= 0.6 is 0 Å². The summed E-state index contributed by atoms with van der Waals surface area (Å²) in [5.41, 5.74) is 0.704. The summed E-state index contributed by atoms with van der Waals surface area (Å²) in [7, 11) is 0.